The fourth-order valence-electron chi connectivity index (χ4n) is 1.54. The van der Waals surface area contributed by atoms with E-state index in [9.17, 15) is 4.79 Å². The zero-order chi connectivity index (χ0) is 11.5. The normalized spacial score (nSPS) is 10.6. The van der Waals surface area contributed by atoms with Crippen LogP contribution in [0.3, 0.4) is 0 Å². The smallest absolute Gasteiger partial charge is 0.189 e. The van der Waals surface area contributed by atoms with E-state index in [1.54, 1.807) is 42.2 Å². The molecule has 16 heavy (non-hydrogen) atoms. The quantitative estimate of drug-likeness (QED) is 0.879. The van der Waals surface area contributed by atoms with Gasteiger partial charge in [-0.2, -0.15) is 0 Å². The number of methoxy groups -OCH3 is 1. The first-order valence-electron chi connectivity index (χ1n) is 4.68. The zero-order valence-electron chi connectivity index (χ0n) is 8.62. The molecule has 0 bridgehead atoms. The summed E-state index contributed by atoms with van der Waals surface area (Å²) in [6.45, 7) is 0.387. The first-order valence-corrected chi connectivity index (χ1v) is 5.56. The number of rotatable bonds is 3. The zero-order valence-corrected chi connectivity index (χ0v) is 10.8. The van der Waals surface area contributed by atoms with Crippen molar-refractivity contribution in [3.63, 3.8) is 0 Å². The number of hydrogen-bond donors (Lipinski definition) is 1. The van der Waals surface area contributed by atoms with E-state index in [1.165, 1.54) is 0 Å². The van der Waals surface area contributed by atoms with E-state index in [4.69, 9.17) is 7.80 Å². The minimum absolute atomic E-state index is 0.0314. The highest BCUT2D eigenvalue weighted by atomic mass is 127. The second kappa shape index (κ2) is 4.84. The predicted octanol–water partition coefficient (Wildman–Crippen LogP) is 2.40. The van der Waals surface area contributed by atoms with Gasteiger partial charge in [-0.25, -0.2) is 0 Å². The molecule has 0 fully saturated rings. The summed E-state index contributed by atoms with van der Waals surface area (Å²) in [6, 6.07) is 6.91. The van der Waals surface area contributed by atoms with Crippen molar-refractivity contribution < 1.29 is 7.80 Å². The van der Waals surface area contributed by atoms with Gasteiger partial charge in [0.15, 0.2) is 5.43 Å². The summed E-state index contributed by atoms with van der Waals surface area (Å²) in [4.78, 5) is 14.9. The van der Waals surface area contributed by atoms with Crippen LogP contribution in [0.2, 0.25) is 0 Å². The first kappa shape index (κ1) is 11.4. The highest BCUT2D eigenvalue weighted by molar-refractivity contribution is 14.1. The van der Waals surface area contributed by atoms with Crippen LogP contribution in [-0.4, -0.2) is 12.1 Å². The Morgan fingerprint density at radius 3 is 2.88 bits per heavy atom. The molecule has 0 spiro atoms. The molecule has 1 heterocycles. The number of nitrogens with one attached hydrogen (secondary N) is 1. The Bertz CT molecular complexity index is 565. The molecule has 0 aliphatic carbocycles. The maximum Gasteiger partial charge on any atom is 0.189 e. The van der Waals surface area contributed by atoms with Gasteiger partial charge < -0.3 is 12.8 Å². The number of H-pyrrole nitrogens is 1. The van der Waals surface area contributed by atoms with Crippen LogP contribution in [0.5, 0.6) is 5.75 Å². The van der Waals surface area contributed by atoms with Crippen molar-refractivity contribution in [2.75, 3.05) is 7.11 Å². The van der Waals surface area contributed by atoms with Crippen LogP contribution in [-0.2, 0) is 9.67 Å². The topological polar surface area (TPSA) is 51.3 Å². The van der Waals surface area contributed by atoms with Gasteiger partial charge >= 0.3 is 0 Å². The van der Waals surface area contributed by atoms with Crippen molar-refractivity contribution in [2.45, 2.75) is 6.61 Å². The Morgan fingerprint density at radius 2 is 2.19 bits per heavy atom. The standard InChI is InChI=1S/C11H10INO3/c1-15-8-2-3-10-9(5-8)11(14)4-7(13-10)6-16-12/h2-5H,6H2,1H3,(H,13,14). The summed E-state index contributed by atoms with van der Waals surface area (Å²) in [5, 5.41) is 0.622. The molecule has 1 aromatic heterocycles. The third kappa shape index (κ3) is 2.19. The molecule has 84 valence electrons. The van der Waals surface area contributed by atoms with Crippen molar-refractivity contribution >= 4 is 33.9 Å². The minimum atomic E-state index is -0.0314. The first-order chi connectivity index (χ1) is 7.74. The second-order valence-corrected chi connectivity index (χ2v) is 3.95. The molecule has 2 rings (SSSR count). The number of benzene rings is 1. The monoisotopic (exact) mass is 331 g/mol. The summed E-state index contributed by atoms with van der Waals surface area (Å²) >= 11 is 1.80. The molecule has 0 saturated heterocycles. The molecule has 0 aliphatic heterocycles. The van der Waals surface area contributed by atoms with E-state index in [0.717, 1.165) is 11.2 Å². The third-order valence-corrected chi connectivity index (χ3v) is 2.61. The van der Waals surface area contributed by atoms with Gasteiger partial charge in [0, 0.05) is 22.7 Å². The Morgan fingerprint density at radius 1 is 1.38 bits per heavy atom. The lowest BCUT2D eigenvalue weighted by molar-refractivity contribution is 0.411. The molecule has 0 radical (unpaired) electrons. The van der Waals surface area contributed by atoms with Crippen molar-refractivity contribution in [3.05, 3.63) is 40.2 Å². The fourth-order valence-corrected chi connectivity index (χ4v) is 1.88. The molecular formula is C11H10INO3. The number of aromatic nitrogens is 1. The van der Waals surface area contributed by atoms with Gasteiger partial charge in [0.2, 0.25) is 0 Å². The van der Waals surface area contributed by atoms with E-state index in [1.807, 2.05) is 12.1 Å². The molecule has 4 nitrogen and oxygen atoms in total. The number of ether oxygens (including phenoxy) is 1. The van der Waals surface area contributed by atoms with Gasteiger partial charge in [-0.05, 0) is 18.2 Å². The van der Waals surface area contributed by atoms with Gasteiger partial charge in [0.25, 0.3) is 0 Å². The largest absolute Gasteiger partial charge is 0.497 e. The summed E-state index contributed by atoms with van der Waals surface area (Å²) < 4.78 is 10.0. The van der Waals surface area contributed by atoms with E-state index < -0.39 is 0 Å². The van der Waals surface area contributed by atoms with Crippen LogP contribution < -0.4 is 10.2 Å². The van der Waals surface area contributed by atoms with Crippen LogP contribution in [0.15, 0.2) is 29.1 Å². The Labute approximate surface area is 106 Å². The van der Waals surface area contributed by atoms with E-state index in [2.05, 4.69) is 4.98 Å². The van der Waals surface area contributed by atoms with Crippen LogP contribution in [0, 0.1) is 0 Å². The molecule has 0 aliphatic rings. The molecule has 1 N–H and O–H groups in total. The average Bonchev–Trinajstić information content (AvgIpc) is 2.29. The van der Waals surface area contributed by atoms with Gasteiger partial charge in [0.1, 0.15) is 28.8 Å². The van der Waals surface area contributed by atoms with Crippen molar-refractivity contribution in [3.8, 4) is 5.75 Å². The third-order valence-electron chi connectivity index (χ3n) is 2.30. The lowest BCUT2D eigenvalue weighted by atomic mass is 10.2. The molecule has 2 aromatic rings. The maximum absolute atomic E-state index is 11.8. The minimum Gasteiger partial charge on any atom is -0.497 e. The summed E-state index contributed by atoms with van der Waals surface area (Å²) in [6.07, 6.45) is 0. The molecule has 0 saturated carbocycles. The number of hydrogen-bond acceptors (Lipinski definition) is 3. The molecule has 5 heteroatoms. The van der Waals surface area contributed by atoms with E-state index in [0.29, 0.717) is 17.7 Å². The van der Waals surface area contributed by atoms with Gasteiger partial charge in [-0.3, -0.25) is 4.79 Å². The second-order valence-electron chi connectivity index (χ2n) is 3.32. The summed E-state index contributed by atoms with van der Waals surface area (Å²) in [5.74, 6) is 0.677. The number of pyridine rings is 1. The molecule has 0 unspecified atom stereocenters. The molecule has 0 amide bonds. The Hall–Kier alpha value is -1.08. The van der Waals surface area contributed by atoms with Crippen LogP contribution in [0.4, 0.5) is 0 Å². The maximum atomic E-state index is 11.8. The Balaban J connectivity index is 2.62. The van der Waals surface area contributed by atoms with E-state index >= 15 is 0 Å². The van der Waals surface area contributed by atoms with Crippen molar-refractivity contribution in [1.82, 2.24) is 4.98 Å². The van der Waals surface area contributed by atoms with Crippen molar-refractivity contribution in [1.29, 1.82) is 0 Å². The summed E-state index contributed by atoms with van der Waals surface area (Å²) in [5.41, 5.74) is 1.52. The van der Waals surface area contributed by atoms with Crippen molar-refractivity contribution in [2.24, 2.45) is 0 Å². The Kier molecular flexibility index (Phi) is 3.45. The van der Waals surface area contributed by atoms with E-state index in [-0.39, 0.29) is 5.43 Å². The average molecular weight is 331 g/mol. The molecule has 0 atom stereocenters. The number of aromatic amines is 1. The summed E-state index contributed by atoms with van der Waals surface area (Å²) in [7, 11) is 1.58. The van der Waals surface area contributed by atoms with Gasteiger partial charge in [-0.15, -0.1) is 0 Å². The van der Waals surface area contributed by atoms with Crippen LogP contribution >= 0.6 is 23.0 Å². The number of fused-ring (bicyclic) bond motifs is 1. The highest BCUT2D eigenvalue weighted by Gasteiger charge is 2.03. The SMILES string of the molecule is COc1ccc2[nH]c(COI)cc(=O)c2c1. The fraction of sp³-hybridized carbons (Fsp3) is 0.182. The molecule has 1 aromatic carbocycles. The predicted molar refractivity (Wildman–Crippen MR) is 69.9 cm³/mol. The van der Waals surface area contributed by atoms with Gasteiger partial charge in [-0.1, -0.05) is 0 Å². The number of halogens is 1. The lowest BCUT2D eigenvalue weighted by Gasteiger charge is -2.04. The highest BCUT2D eigenvalue weighted by Crippen LogP contribution is 2.17. The van der Waals surface area contributed by atoms with Crippen LogP contribution in [0.25, 0.3) is 10.9 Å². The van der Waals surface area contributed by atoms with Crippen LogP contribution in [0.1, 0.15) is 5.69 Å². The molecular weight excluding hydrogens is 321 g/mol. The van der Waals surface area contributed by atoms with Gasteiger partial charge in [0.05, 0.1) is 13.7 Å². The lowest BCUT2D eigenvalue weighted by Crippen LogP contribution is -2.05.